The first-order chi connectivity index (χ1) is 15.9. The van der Waals surface area contributed by atoms with E-state index in [0.717, 1.165) is 14.0 Å². The smallest absolute Gasteiger partial charge is 0.348 e. The van der Waals surface area contributed by atoms with E-state index in [9.17, 15) is 34.5 Å². The molecule has 2 saturated carbocycles. The van der Waals surface area contributed by atoms with Crippen LogP contribution in [0.25, 0.3) is 0 Å². The molecule has 3 N–H and O–H groups in total. The highest BCUT2D eigenvalue weighted by Gasteiger charge is 2.85. The summed E-state index contributed by atoms with van der Waals surface area (Å²) in [5.74, 6) is -6.15. The Kier molecular flexibility index (Phi) is 4.80. The molecule has 5 rings (SSSR count). The third kappa shape index (κ3) is 2.42. The van der Waals surface area contributed by atoms with E-state index < -0.39 is 82.3 Å². The zero-order chi connectivity index (χ0) is 25.0. The Bertz CT molecular complexity index is 1030. The summed E-state index contributed by atoms with van der Waals surface area (Å²) >= 11 is 0. The Labute approximate surface area is 195 Å². The number of hydrogen-bond acceptors (Lipinski definition) is 11. The largest absolute Gasteiger partial charge is 0.504 e. The Morgan fingerprint density at radius 3 is 2.47 bits per heavy atom. The fraction of sp³-hybridized carbons (Fsp3) is 0.739. The van der Waals surface area contributed by atoms with E-state index in [2.05, 4.69) is 0 Å². The topological polar surface area (TPSA) is 166 Å². The van der Waals surface area contributed by atoms with Gasteiger partial charge in [-0.1, -0.05) is 6.92 Å². The normalized spacial score (nSPS) is 49.1. The molecule has 3 aliphatic carbocycles. The SMILES string of the molecule is COC(=O)[C@@]12OC[C@@]34C(CC5C(C)=C(O)C(=O)C[C@]5(C)C3[C@@H](O)[C@@H]1O)OC(=O)[C@H](OC(C)=O)C42. The highest BCUT2D eigenvalue weighted by atomic mass is 16.6. The van der Waals surface area contributed by atoms with Crippen molar-refractivity contribution in [2.45, 2.75) is 63.6 Å². The molecule has 2 aliphatic heterocycles. The van der Waals surface area contributed by atoms with Crippen molar-refractivity contribution in [1.29, 1.82) is 0 Å². The molecule has 0 amide bonds. The van der Waals surface area contributed by atoms with Gasteiger partial charge in [0.15, 0.2) is 11.5 Å². The van der Waals surface area contributed by atoms with E-state index in [0.29, 0.717) is 5.57 Å². The summed E-state index contributed by atoms with van der Waals surface area (Å²) in [5.41, 5.74) is -4.02. The van der Waals surface area contributed by atoms with Crippen LogP contribution in [0.3, 0.4) is 0 Å². The standard InChI is InChI=1S/C23H28O11/c1-8-10-5-12-22-7-32-23(20(30)31-4,17(22)15(19(29)34-12)33-9(2)24)18(28)14(27)16(22)21(10,3)6-11(25)13(8)26/h10,12,14-18,26-28H,5-7H2,1-4H3/t10?,12?,14-,15-,16?,17?,18+,21+,22-,23+/m1/s1. The van der Waals surface area contributed by atoms with Crippen molar-refractivity contribution < 1.29 is 53.4 Å². The molecule has 11 nitrogen and oxygen atoms in total. The zero-order valence-corrected chi connectivity index (χ0v) is 19.3. The van der Waals surface area contributed by atoms with Crippen LogP contribution in [0.2, 0.25) is 0 Å². The lowest BCUT2D eigenvalue weighted by Crippen LogP contribution is -2.79. The minimum absolute atomic E-state index is 0.131. The van der Waals surface area contributed by atoms with Gasteiger partial charge in [0.2, 0.25) is 11.7 Å². The van der Waals surface area contributed by atoms with Gasteiger partial charge in [-0.3, -0.25) is 9.59 Å². The number of Topliss-reactive ketones (excluding diaryl/α,β-unsaturated/α-hetero) is 1. The Morgan fingerprint density at radius 1 is 1.18 bits per heavy atom. The number of fused-ring (bicyclic) bond motifs is 2. The van der Waals surface area contributed by atoms with E-state index in [4.69, 9.17) is 18.9 Å². The van der Waals surface area contributed by atoms with Gasteiger partial charge in [-0.2, -0.15) is 0 Å². The lowest BCUT2D eigenvalue weighted by atomic mass is 9.38. The van der Waals surface area contributed by atoms with Crippen LogP contribution in [-0.4, -0.2) is 82.7 Å². The number of esters is 3. The van der Waals surface area contributed by atoms with Gasteiger partial charge < -0.3 is 34.3 Å². The second kappa shape index (κ2) is 7.02. The third-order valence-corrected chi connectivity index (χ3v) is 9.13. The maximum absolute atomic E-state index is 13.1. The summed E-state index contributed by atoms with van der Waals surface area (Å²) in [5, 5.41) is 33.3. The van der Waals surface area contributed by atoms with Gasteiger partial charge in [-0.05, 0) is 30.3 Å². The predicted molar refractivity (Wildman–Crippen MR) is 109 cm³/mol. The van der Waals surface area contributed by atoms with Crippen LogP contribution in [-0.2, 0) is 38.1 Å². The number of ether oxygens (including phenoxy) is 4. The molecule has 34 heavy (non-hydrogen) atoms. The molecule has 0 aromatic rings. The zero-order valence-electron chi connectivity index (χ0n) is 19.3. The molecule has 186 valence electrons. The maximum atomic E-state index is 13.1. The third-order valence-electron chi connectivity index (χ3n) is 9.13. The number of allylic oxidation sites excluding steroid dienone is 2. The number of carbonyl (C=O) groups is 4. The minimum Gasteiger partial charge on any atom is -0.504 e. The van der Waals surface area contributed by atoms with Crippen molar-refractivity contribution in [2.75, 3.05) is 13.7 Å². The molecule has 0 aromatic heterocycles. The van der Waals surface area contributed by atoms with Crippen LogP contribution in [0.5, 0.6) is 0 Å². The van der Waals surface area contributed by atoms with Crippen LogP contribution in [0, 0.1) is 28.6 Å². The fourth-order valence-corrected chi connectivity index (χ4v) is 8.03. The van der Waals surface area contributed by atoms with Gasteiger partial charge in [0.05, 0.1) is 25.7 Å². The van der Waals surface area contributed by atoms with Gasteiger partial charge >= 0.3 is 17.9 Å². The van der Waals surface area contributed by atoms with E-state index in [1.807, 2.05) is 0 Å². The molecule has 1 spiro atoms. The summed E-state index contributed by atoms with van der Waals surface area (Å²) in [4.78, 5) is 50.9. The quantitative estimate of drug-likeness (QED) is 0.347. The number of aliphatic hydroxyl groups is 3. The van der Waals surface area contributed by atoms with E-state index in [1.165, 1.54) is 0 Å². The highest BCUT2D eigenvalue weighted by Crippen LogP contribution is 2.72. The van der Waals surface area contributed by atoms with Gasteiger partial charge in [0.25, 0.3) is 0 Å². The van der Waals surface area contributed by atoms with E-state index in [1.54, 1.807) is 13.8 Å². The van der Waals surface area contributed by atoms with Crippen molar-refractivity contribution in [3.8, 4) is 0 Å². The molecule has 0 aromatic carbocycles. The monoisotopic (exact) mass is 480 g/mol. The first-order valence-corrected chi connectivity index (χ1v) is 11.3. The second-order valence-corrected chi connectivity index (χ2v) is 10.5. The van der Waals surface area contributed by atoms with E-state index in [-0.39, 0.29) is 25.2 Å². The van der Waals surface area contributed by atoms with Crippen LogP contribution >= 0.6 is 0 Å². The molecule has 4 unspecified atom stereocenters. The molecule has 10 atom stereocenters. The van der Waals surface area contributed by atoms with Gasteiger partial charge in [-0.15, -0.1) is 0 Å². The fourth-order valence-electron chi connectivity index (χ4n) is 8.03. The van der Waals surface area contributed by atoms with Crippen LogP contribution in [0.15, 0.2) is 11.3 Å². The summed E-state index contributed by atoms with van der Waals surface area (Å²) in [6, 6.07) is 0. The Balaban J connectivity index is 1.78. The number of rotatable bonds is 2. The number of aliphatic hydroxyl groups excluding tert-OH is 3. The molecule has 11 heteroatoms. The Hall–Kier alpha value is -2.50. The molecular formula is C23H28O11. The first kappa shape index (κ1) is 23.3. The van der Waals surface area contributed by atoms with Crippen molar-refractivity contribution in [3.05, 3.63) is 11.3 Å². The average molecular weight is 480 g/mol. The number of ketones is 1. The summed E-state index contributed by atoms with van der Waals surface area (Å²) in [6.45, 7) is 4.30. The number of methoxy groups -OCH3 is 1. The minimum atomic E-state index is -2.18. The highest BCUT2D eigenvalue weighted by molar-refractivity contribution is 5.95. The van der Waals surface area contributed by atoms with Gasteiger partial charge in [0, 0.05) is 24.7 Å². The van der Waals surface area contributed by atoms with Crippen LogP contribution in [0.4, 0.5) is 0 Å². The summed E-state index contributed by atoms with van der Waals surface area (Å²) in [7, 11) is 1.09. The van der Waals surface area contributed by atoms with Crippen molar-refractivity contribution in [2.24, 2.45) is 28.6 Å². The number of carbonyl (C=O) groups excluding carboxylic acids is 4. The van der Waals surface area contributed by atoms with Gasteiger partial charge in [-0.25, -0.2) is 9.59 Å². The van der Waals surface area contributed by atoms with Crippen LogP contribution < -0.4 is 0 Å². The first-order valence-electron chi connectivity index (χ1n) is 11.3. The molecule has 4 fully saturated rings. The lowest BCUT2D eigenvalue weighted by Gasteiger charge is -2.67. The summed E-state index contributed by atoms with van der Waals surface area (Å²) in [6.07, 6.45) is -5.85. The molecule has 2 saturated heterocycles. The second-order valence-electron chi connectivity index (χ2n) is 10.5. The predicted octanol–water partition coefficient (Wildman–Crippen LogP) is -0.429. The average Bonchev–Trinajstić information content (AvgIpc) is 3.08. The van der Waals surface area contributed by atoms with Gasteiger partial charge in [0.1, 0.15) is 12.2 Å². The Morgan fingerprint density at radius 2 is 1.85 bits per heavy atom. The lowest BCUT2D eigenvalue weighted by molar-refractivity contribution is -0.290. The van der Waals surface area contributed by atoms with Crippen molar-refractivity contribution >= 4 is 23.7 Å². The number of hydrogen-bond donors (Lipinski definition) is 3. The van der Waals surface area contributed by atoms with Crippen molar-refractivity contribution in [3.63, 3.8) is 0 Å². The molecule has 2 bridgehead atoms. The molecule has 2 heterocycles. The summed E-state index contributed by atoms with van der Waals surface area (Å²) < 4.78 is 22.0. The van der Waals surface area contributed by atoms with Crippen LogP contribution in [0.1, 0.15) is 33.6 Å². The molecular weight excluding hydrogens is 452 g/mol. The molecule has 5 aliphatic rings. The maximum Gasteiger partial charge on any atom is 0.348 e. The van der Waals surface area contributed by atoms with Crippen molar-refractivity contribution in [1.82, 2.24) is 0 Å². The van der Waals surface area contributed by atoms with E-state index >= 15 is 0 Å². The molecule has 0 radical (unpaired) electrons.